The van der Waals surface area contributed by atoms with Crippen molar-refractivity contribution in [2.75, 3.05) is 18.9 Å². The molecule has 0 fully saturated rings. The molecular formula is C11H12ClN3OS. The van der Waals surface area contributed by atoms with Crippen LogP contribution in [0.3, 0.4) is 0 Å². The minimum absolute atomic E-state index is 0.155. The monoisotopic (exact) mass is 269 g/mol. The molecule has 0 bridgehead atoms. The van der Waals surface area contributed by atoms with Crippen LogP contribution in [0.25, 0.3) is 10.2 Å². The minimum Gasteiger partial charge on any atom is -0.328 e. The summed E-state index contributed by atoms with van der Waals surface area (Å²) < 4.78 is 0.965. The maximum absolute atomic E-state index is 11.6. The number of hydrogen-bond donors (Lipinski definition) is 1. The van der Waals surface area contributed by atoms with E-state index in [-0.39, 0.29) is 6.03 Å². The van der Waals surface area contributed by atoms with E-state index in [9.17, 15) is 4.79 Å². The Bertz CT molecular complexity index is 555. The van der Waals surface area contributed by atoms with Gasteiger partial charge in [-0.25, -0.2) is 9.78 Å². The van der Waals surface area contributed by atoms with E-state index in [4.69, 9.17) is 11.6 Å². The van der Waals surface area contributed by atoms with Gasteiger partial charge in [0.15, 0.2) is 5.13 Å². The van der Waals surface area contributed by atoms with Gasteiger partial charge in [0.2, 0.25) is 0 Å². The normalized spacial score (nSPS) is 10.5. The number of hydrogen-bond acceptors (Lipinski definition) is 3. The highest BCUT2D eigenvalue weighted by atomic mass is 35.5. The van der Waals surface area contributed by atoms with E-state index in [1.165, 1.54) is 11.3 Å². The highest BCUT2D eigenvalue weighted by Gasteiger charge is 2.10. The molecule has 1 aromatic carbocycles. The molecule has 1 N–H and O–H groups in total. The Morgan fingerprint density at radius 1 is 1.59 bits per heavy atom. The first-order chi connectivity index (χ1) is 8.10. The summed E-state index contributed by atoms with van der Waals surface area (Å²) in [6.45, 7) is 2.57. The lowest BCUT2D eigenvalue weighted by molar-refractivity contribution is 0.224. The number of urea groups is 1. The summed E-state index contributed by atoms with van der Waals surface area (Å²) in [7, 11) is 1.74. The Kier molecular flexibility index (Phi) is 3.49. The Labute approximate surface area is 108 Å². The Morgan fingerprint density at radius 3 is 3.06 bits per heavy atom. The first-order valence-electron chi connectivity index (χ1n) is 5.18. The van der Waals surface area contributed by atoms with Gasteiger partial charge in [-0.3, -0.25) is 5.32 Å². The molecule has 0 aliphatic rings. The summed E-state index contributed by atoms with van der Waals surface area (Å²) in [6.07, 6.45) is 0. The van der Waals surface area contributed by atoms with Crippen molar-refractivity contribution in [3.05, 3.63) is 23.2 Å². The maximum atomic E-state index is 11.6. The van der Waals surface area contributed by atoms with E-state index in [1.807, 2.05) is 19.1 Å². The van der Waals surface area contributed by atoms with Crippen LogP contribution in [0.4, 0.5) is 9.93 Å². The summed E-state index contributed by atoms with van der Waals surface area (Å²) in [6, 6.07) is 5.31. The van der Waals surface area contributed by atoms with Gasteiger partial charge in [-0.05, 0) is 25.1 Å². The average molecular weight is 270 g/mol. The highest BCUT2D eigenvalue weighted by Crippen LogP contribution is 2.28. The second-order valence-electron chi connectivity index (χ2n) is 3.58. The number of anilines is 1. The fourth-order valence-corrected chi connectivity index (χ4v) is 2.41. The molecule has 2 aromatic rings. The summed E-state index contributed by atoms with van der Waals surface area (Å²) in [5.41, 5.74) is 0.842. The third kappa shape index (κ3) is 2.68. The molecule has 0 atom stereocenters. The van der Waals surface area contributed by atoms with Crippen LogP contribution in [0.1, 0.15) is 6.92 Å². The van der Waals surface area contributed by atoms with Gasteiger partial charge in [0, 0.05) is 18.6 Å². The SMILES string of the molecule is CCN(C)C(=O)Nc1nc2ccc(Cl)cc2s1. The highest BCUT2D eigenvalue weighted by molar-refractivity contribution is 7.22. The van der Waals surface area contributed by atoms with Gasteiger partial charge >= 0.3 is 6.03 Å². The number of halogens is 1. The van der Waals surface area contributed by atoms with Gasteiger partial charge < -0.3 is 4.90 Å². The van der Waals surface area contributed by atoms with E-state index in [2.05, 4.69) is 10.3 Å². The smallest absolute Gasteiger partial charge is 0.323 e. The summed E-state index contributed by atoms with van der Waals surface area (Å²) in [4.78, 5) is 17.5. The van der Waals surface area contributed by atoms with Gasteiger partial charge in [0.25, 0.3) is 0 Å². The third-order valence-corrected chi connectivity index (χ3v) is 3.55. The van der Waals surface area contributed by atoms with Gasteiger partial charge in [-0.2, -0.15) is 0 Å². The van der Waals surface area contributed by atoms with Crippen LogP contribution in [-0.2, 0) is 0 Å². The molecule has 0 aliphatic carbocycles. The molecule has 0 unspecified atom stereocenters. The standard InChI is InChI=1S/C11H12ClN3OS/c1-3-15(2)11(16)14-10-13-8-5-4-7(12)6-9(8)17-10/h4-6H,3H2,1-2H3,(H,13,14,16). The van der Waals surface area contributed by atoms with Crippen molar-refractivity contribution >= 4 is 44.3 Å². The van der Waals surface area contributed by atoms with Crippen molar-refractivity contribution in [3.8, 4) is 0 Å². The lowest BCUT2D eigenvalue weighted by atomic mass is 10.3. The molecule has 17 heavy (non-hydrogen) atoms. The maximum Gasteiger partial charge on any atom is 0.323 e. The lowest BCUT2D eigenvalue weighted by Crippen LogP contribution is -2.30. The number of carbonyl (C=O) groups excluding carboxylic acids is 1. The van der Waals surface area contributed by atoms with E-state index >= 15 is 0 Å². The molecule has 4 nitrogen and oxygen atoms in total. The zero-order valence-electron chi connectivity index (χ0n) is 9.53. The number of thiazole rings is 1. The number of fused-ring (bicyclic) bond motifs is 1. The zero-order chi connectivity index (χ0) is 12.4. The van der Waals surface area contributed by atoms with Crippen LogP contribution >= 0.6 is 22.9 Å². The fourth-order valence-electron chi connectivity index (χ4n) is 1.28. The van der Waals surface area contributed by atoms with Crippen LogP contribution in [0.15, 0.2) is 18.2 Å². The molecule has 90 valence electrons. The molecule has 6 heteroatoms. The molecule has 0 aliphatic heterocycles. The third-order valence-electron chi connectivity index (χ3n) is 2.39. The predicted molar refractivity (Wildman–Crippen MR) is 72.0 cm³/mol. The largest absolute Gasteiger partial charge is 0.328 e. The Morgan fingerprint density at radius 2 is 2.35 bits per heavy atom. The van der Waals surface area contributed by atoms with Gasteiger partial charge in [0.1, 0.15) is 0 Å². The van der Waals surface area contributed by atoms with Gasteiger partial charge in [-0.1, -0.05) is 22.9 Å². The summed E-state index contributed by atoms with van der Waals surface area (Å²) in [5.74, 6) is 0. The van der Waals surface area contributed by atoms with Crippen molar-refractivity contribution in [1.29, 1.82) is 0 Å². The minimum atomic E-state index is -0.155. The molecule has 0 radical (unpaired) electrons. The molecule has 2 amide bonds. The number of carbonyl (C=O) groups is 1. The quantitative estimate of drug-likeness (QED) is 0.908. The molecule has 0 spiro atoms. The molecule has 0 saturated carbocycles. The number of nitrogens with zero attached hydrogens (tertiary/aromatic N) is 2. The number of rotatable bonds is 2. The molecule has 2 rings (SSSR count). The average Bonchev–Trinajstić information content (AvgIpc) is 2.69. The number of aromatic nitrogens is 1. The number of nitrogens with one attached hydrogen (secondary N) is 1. The van der Waals surface area contributed by atoms with Crippen molar-refractivity contribution in [3.63, 3.8) is 0 Å². The van der Waals surface area contributed by atoms with Gasteiger partial charge in [0.05, 0.1) is 10.2 Å². The number of benzene rings is 1. The zero-order valence-corrected chi connectivity index (χ0v) is 11.1. The first-order valence-corrected chi connectivity index (χ1v) is 6.38. The van der Waals surface area contributed by atoms with E-state index < -0.39 is 0 Å². The van der Waals surface area contributed by atoms with Crippen molar-refractivity contribution in [2.45, 2.75) is 6.92 Å². The van der Waals surface area contributed by atoms with Gasteiger partial charge in [-0.15, -0.1) is 0 Å². The molecule has 1 heterocycles. The molecule has 0 saturated heterocycles. The predicted octanol–water partition coefficient (Wildman–Crippen LogP) is 3.43. The first kappa shape index (κ1) is 12.1. The van der Waals surface area contributed by atoms with Crippen molar-refractivity contribution in [2.24, 2.45) is 0 Å². The Hall–Kier alpha value is -1.33. The van der Waals surface area contributed by atoms with Crippen molar-refractivity contribution in [1.82, 2.24) is 9.88 Å². The van der Waals surface area contributed by atoms with Crippen molar-refractivity contribution < 1.29 is 4.79 Å². The van der Waals surface area contributed by atoms with Crippen LogP contribution in [0, 0.1) is 0 Å². The van der Waals surface area contributed by atoms with Crippen LogP contribution in [0.5, 0.6) is 0 Å². The van der Waals surface area contributed by atoms with Crippen LogP contribution in [0.2, 0.25) is 5.02 Å². The second-order valence-corrected chi connectivity index (χ2v) is 5.04. The van der Waals surface area contributed by atoms with Crippen LogP contribution in [-0.4, -0.2) is 29.5 Å². The summed E-state index contributed by atoms with van der Waals surface area (Å²) in [5, 5.41) is 4.01. The number of amides is 2. The fraction of sp³-hybridized carbons (Fsp3) is 0.273. The van der Waals surface area contributed by atoms with E-state index in [0.29, 0.717) is 16.7 Å². The second kappa shape index (κ2) is 4.89. The van der Waals surface area contributed by atoms with E-state index in [0.717, 1.165) is 10.2 Å². The Balaban J connectivity index is 2.22. The molecule has 1 aromatic heterocycles. The topological polar surface area (TPSA) is 45.2 Å². The summed E-state index contributed by atoms with van der Waals surface area (Å²) >= 11 is 7.30. The lowest BCUT2D eigenvalue weighted by Gasteiger charge is -2.13. The van der Waals surface area contributed by atoms with E-state index in [1.54, 1.807) is 18.0 Å². The molecular weight excluding hydrogens is 258 g/mol. The van der Waals surface area contributed by atoms with Crippen LogP contribution < -0.4 is 5.32 Å².